The van der Waals surface area contributed by atoms with E-state index in [1.807, 2.05) is 4.72 Å². The van der Waals surface area contributed by atoms with Crippen LogP contribution in [0.5, 0.6) is 0 Å². The van der Waals surface area contributed by atoms with Crippen molar-refractivity contribution in [2.24, 2.45) is 7.05 Å². The fraction of sp³-hybridized carbons (Fsp3) is 0.182. The fourth-order valence-electron chi connectivity index (χ4n) is 1.68. The Labute approximate surface area is 113 Å². The van der Waals surface area contributed by atoms with Crippen LogP contribution in [-0.4, -0.2) is 18.2 Å². The maximum absolute atomic E-state index is 13.7. The number of nitrogens with one attached hydrogen (secondary N) is 1. The highest BCUT2D eigenvalue weighted by atomic mass is 32.2. The van der Waals surface area contributed by atoms with E-state index in [4.69, 9.17) is 0 Å². The summed E-state index contributed by atoms with van der Waals surface area (Å²) in [5.41, 5.74) is -0.547. The number of anilines is 1. The van der Waals surface area contributed by atoms with Crippen molar-refractivity contribution in [1.29, 1.82) is 0 Å². The Balaban J connectivity index is 2.46. The van der Waals surface area contributed by atoms with E-state index in [1.165, 1.54) is 14.0 Å². The Bertz CT molecular complexity index is 771. The molecule has 0 bridgehead atoms. The van der Waals surface area contributed by atoms with E-state index in [9.17, 15) is 21.6 Å². The number of benzene rings is 1. The zero-order valence-corrected chi connectivity index (χ0v) is 11.3. The molecule has 0 fully saturated rings. The third-order valence-electron chi connectivity index (χ3n) is 2.54. The predicted octanol–water partition coefficient (Wildman–Crippen LogP) is 1.95. The molecule has 0 spiro atoms. The standard InChI is InChI=1S/C11H10F3N3O2S/c1-6-10(11(14)17(2)15-6)20(18,19)16-9-4-3-7(12)5-8(9)13/h3-5,16H,1-2H3. The summed E-state index contributed by atoms with van der Waals surface area (Å²) in [6, 6.07) is 2.31. The van der Waals surface area contributed by atoms with Gasteiger partial charge in [0.05, 0.1) is 11.4 Å². The van der Waals surface area contributed by atoms with Crippen LogP contribution >= 0.6 is 0 Å². The second-order valence-corrected chi connectivity index (χ2v) is 5.68. The molecular weight excluding hydrogens is 295 g/mol. The van der Waals surface area contributed by atoms with Gasteiger partial charge in [-0.2, -0.15) is 9.49 Å². The van der Waals surface area contributed by atoms with E-state index in [0.717, 1.165) is 16.8 Å². The number of nitrogens with zero attached hydrogens (tertiary/aromatic N) is 2. The Kier molecular flexibility index (Phi) is 3.46. The van der Waals surface area contributed by atoms with Gasteiger partial charge in [-0.3, -0.25) is 4.72 Å². The van der Waals surface area contributed by atoms with Gasteiger partial charge in [0.25, 0.3) is 10.0 Å². The maximum Gasteiger partial charge on any atom is 0.268 e. The first kappa shape index (κ1) is 14.4. The van der Waals surface area contributed by atoms with Crippen molar-refractivity contribution < 1.29 is 21.6 Å². The zero-order chi connectivity index (χ0) is 15.1. The predicted molar refractivity (Wildman–Crippen MR) is 65.1 cm³/mol. The van der Waals surface area contributed by atoms with Crippen LogP contribution in [0.15, 0.2) is 23.1 Å². The van der Waals surface area contributed by atoms with E-state index >= 15 is 0 Å². The van der Waals surface area contributed by atoms with E-state index in [1.54, 1.807) is 0 Å². The average Bonchev–Trinajstić information content (AvgIpc) is 2.57. The molecule has 1 aromatic carbocycles. The fourth-order valence-corrected chi connectivity index (χ4v) is 3.02. The molecule has 9 heteroatoms. The third kappa shape index (κ3) is 2.48. The van der Waals surface area contributed by atoms with Gasteiger partial charge in [-0.25, -0.2) is 21.9 Å². The van der Waals surface area contributed by atoms with E-state index in [2.05, 4.69) is 5.10 Å². The van der Waals surface area contributed by atoms with Gasteiger partial charge in [0, 0.05) is 13.1 Å². The summed E-state index contributed by atoms with van der Waals surface area (Å²) in [5, 5.41) is 3.62. The number of hydrogen-bond acceptors (Lipinski definition) is 3. The van der Waals surface area contributed by atoms with Crippen LogP contribution in [0.25, 0.3) is 0 Å². The number of rotatable bonds is 3. The van der Waals surface area contributed by atoms with Gasteiger partial charge >= 0.3 is 0 Å². The minimum Gasteiger partial charge on any atom is -0.276 e. The molecule has 0 aliphatic rings. The average molecular weight is 305 g/mol. The van der Waals surface area contributed by atoms with Crippen molar-refractivity contribution in [1.82, 2.24) is 9.78 Å². The molecule has 108 valence electrons. The molecule has 0 aliphatic carbocycles. The molecule has 1 heterocycles. The lowest BCUT2D eigenvalue weighted by Crippen LogP contribution is -2.16. The van der Waals surface area contributed by atoms with Crippen molar-refractivity contribution in [2.75, 3.05) is 4.72 Å². The van der Waals surface area contributed by atoms with Crippen molar-refractivity contribution in [2.45, 2.75) is 11.8 Å². The molecule has 20 heavy (non-hydrogen) atoms. The van der Waals surface area contributed by atoms with E-state index in [0.29, 0.717) is 6.07 Å². The van der Waals surface area contributed by atoms with Crippen molar-refractivity contribution in [3.05, 3.63) is 41.5 Å². The van der Waals surface area contributed by atoms with Gasteiger partial charge in [-0.1, -0.05) is 0 Å². The van der Waals surface area contributed by atoms with Crippen LogP contribution in [0.4, 0.5) is 18.9 Å². The summed E-state index contributed by atoms with van der Waals surface area (Å²) in [5.74, 6) is -3.03. The molecule has 5 nitrogen and oxygen atoms in total. The van der Waals surface area contributed by atoms with Gasteiger partial charge in [-0.05, 0) is 19.1 Å². The van der Waals surface area contributed by atoms with Gasteiger partial charge in [0.15, 0.2) is 4.90 Å². The first-order chi connectivity index (χ1) is 9.22. The zero-order valence-electron chi connectivity index (χ0n) is 10.5. The maximum atomic E-state index is 13.7. The molecule has 2 rings (SSSR count). The largest absolute Gasteiger partial charge is 0.276 e. The second-order valence-electron chi connectivity index (χ2n) is 4.06. The number of sulfonamides is 1. The molecule has 0 aliphatic heterocycles. The lowest BCUT2D eigenvalue weighted by atomic mass is 10.3. The lowest BCUT2D eigenvalue weighted by Gasteiger charge is -2.08. The molecule has 1 aromatic heterocycles. The molecule has 0 saturated heterocycles. The molecule has 2 aromatic rings. The SMILES string of the molecule is Cc1nn(C)c(F)c1S(=O)(=O)Nc1ccc(F)cc1F. The molecule has 0 unspecified atom stereocenters. The van der Waals surface area contributed by atoms with Crippen LogP contribution in [0.1, 0.15) is 5.69 Å². The Hall–Kier alpha value is -2.03. The van der Waals surface area contributed by atoms with Gasteiger partial charge < -0.3 is 0 Å². The molecule has 1 N–H and O–H groups in total. The summed E-state index contributed by atoms with van der Waals surface area (Å²) in [6.45, 7) is 1.30. The van der Waals surface area contributed by atoms with Crippen molar-refractivity contribution >= 4 is 15.7 Å². The topological polar surface area (TPSA) is 64.0 Å². The van der Waals surface area contributed by atoms with Crippen LogP contribution < -0.4 is 4.72 Å². The van der Waals surface area contributed by atoms with Crippen molar-refractivity contribution in [3.8, 4) is 0 Å². The second kappa shape index (κ2) is 4.82. The van der Waals surface area contributed by atoms with Gasteiger partial charge in [0.1, 0.15) is 11.6 Å². The van der Waals surface area contributed by atoms with Crippen LogP contribution in [0.3, 0.4) is 0 Å². The summed E-state index contributed by atoms with van der Waals surface area (Å²) in [7, 11) is -3.12. The molecule has 0 amide bonds. The monoisotopic (exact) mass is 305 g/mol. The molecule has 0 saturated carbocycles. The summed E-state index contributed by atoms with van der Waals surface area (Å²) in [4.78, 5) is -0.677. The Morgan fingerprint density at radius 3 is 2.40 bits per heavy atom. The minimum absolute atomic E-state index is 0.0694. The van der Waals surface area contributed by atoms with Crippen LogP contribution in [0.2, 0.25) is 0 Å². The van der Waals surface area contributed by atoms with E-state index < -0.39 is 38.2 Å². The number of hydrogen-bond donors (Lipinski definition) is 1. The van der Waals surface area contributed by atoms with E-state index in [-0.39, 0.29) is 5.69 Å². The minimum atomic E-state index is -4.36. The smallest absolute Gasteiger partial charge is 0.268 e. The quantitative estimate of drug-likeness (QED) is 0.942. The van der Waals surface area contributed by atoms with Gasteiger partial charge in [0.2, 0.25) is 5.95 Å². The van der Waals surface area contributed by atoms with Crippen molar-refractivity contribution in [3.63, 3.8) is 0 Å². The number of aromatic nitrogens is 2. The summed E-state index contributed by atoms with van der Waals surface area (Å²) >= 11 is 0. The Morgan fingerprint density at radius 1 is 1.25 bits per heavy atom. The highest BCUT2D eigenvalue weighted by Gasteiger charge is 2.27. The number of aryl methyl sites for hydroxylation is 2. The van der Waals surface area contributed by atoms with Crippen LogP contribution in [0, 0.1) is 24.5 Å². The first-order valence-electron chi connectivity index (χ1n) is 5.39. The molecular formula is C11H10F3N3O2S. The molecule has 0 radical (unpaired) electrons. The number of halogens is 3. The highest BCUT2D eigenvalue weighted by Crippen LogP contribution is 2.23. The lowest BCUT2D eigenvalue weighted by molar-refractivity contribution is 0.483. The third-order valence-corrected chi connectivity index (χ3v) is 4.03. The summed E-state index contributed by atoms with van der Waals surface area (Å²) in [6.07, 6.45) is 0. The highest BCUT2D eigenvalue weighted by molar-refractivity contribution is 7.92. The normalized spacial score (nSPS) is 11.7. The van der Waals surface area contributed by atoms with Gasteiger partial charge in [-0.15, -0.1) is 0 Å². The molecule has 0 atom stereocenters. The summed E-state index contributed by atoms with van der Waals surface area (Å²) < 4.78 is 66.6. The first-order valence-corrected chi connectivity index (χ1v) is 6.87. The Morgan fingerprint density at radius 2 is 1.90 bits per heavy atom. The van der Waals surface area contributed by atoms with Crippen LogP contribution in [-0.2, 0) is 17.1 Å².